The Hall–Kier alpha value is -3.82. The molecule has 10 heteroatoms. The van der Waals surface area contributed by atoms with Crippen LogP contribution >= 0.6 is 23.8 Å². The predicted molar refractivity (Wildman–Crippen MR) is 147 cm³/mol. The molecule has 192 valence electrons. The van der Waals surface area contributed by atoms with Crippen molar-refractivity contribution in [3.8, 4) is 17.2 Å². The molecule has 37 heavy (non-hydrogen) atoms. The maximum absolute atomic E-state index is 13.7. The third-order valence-electron chi connectivity index (χ3n) is 5.94. The summed E-state index contributed by atoms with van der Waals surface area (Å²) >= 11 is 11.8. The minimum atomic E-state index is -0.818. The van der Waals surface area contributed by atoms with E-state index in [1.165, 1.54) is 4.90 Å². The van der Waals surface area contributed by atoms with Gasteiger partial charge >= 0.3 is 0 Å². The zero-order valence-corrected chi connectivity index (χ0v) is 22.1. The van der Waals surface area contributed by atoms with E-state index in [-0.39, 0.29) is 24.8 Å². The summed E-state index contributed by atoms with van der Waals surface area (Å²) in [4.78, 5) is 29.9. The van der Waals surface area contributed by atoms with Crippen molar-refractivity contribution in [3.63, 3.8) is 0 Å². The molecule has 0 spiro atoms. The number of halogens is 1. The highest BCUT2D eigenvalue weighted by Crippen LogP contribution is 2.32. The van der Waals surface area contributed by atoms with Gasteiger partial charge in [-0.2, -0.15) is 0 Å². The highest BCUT2D eigenvalue weighted by Gasteiger charge is 2.44. The second-order valence-electron chi connectivity index (χ2n) is 8.25. The smallest absolute Gasteiger partial charge is 0.256 e. The minimum Gasteiger partial charge on any atom is -0.497 e. The molecular weight excluding hydrogens is 514 g/mol. The van der Waals surface area contributed by atoms with Gasteiger partial charge in [-0.05, 0) is 72.4 Å². The highest BCUT2D eigenvalue weighted by molar-refractivity contribution is 7.80. The van der Waals surface area contributed by atoms with E-state index in [0.717, 1.165) is 5.56 Å². The number of hydrogen-bond donors (Lipinski definition) is 1. The van der Waals surface area contributed by atoms with Gasteiger partial charge in [0.15, 0.2) is 16.6 Å². The molecule has 0 bridgehead atoms. The number of benzene rings is 3. The van der Waals surface area contributed by atoms with Crippen molar-refractivity contribution in [1.29, 1.82) is 0 Å². The molecule has 0 aliphatic carbocycles. The maximum Gasteiger partial charge on any atom is 0.256 e. The quantitative estimate of drug-likeness (QED) is 0.387. The van der Waals surface area contributed by atoms with Gasteiger partial charge in [0, 0.05) is 17.3 Å². The summed E-state index contributed by atoms with van der Waals surface area (Å²) in [6, 6.07) is 18.5. The molecule has 8 nitrogen and oxygen atoms in total. The lowest BCUT2D eigenvalue weighted by Crippen LogP contribution is -2.37. The fraction of sp³-hybridized carbons (Fsp3) is 0.222. The highest BCUT2D eigenvalue weighted by atomic mass is 35.5. The second kappa shape index (κ2) is 11.5. The third-order valence-corrected chi connectivity index (χ3v) is 6.59. The number of nitrogens with one attached hydrogen (secondary N) is 1. The number of carbonyl (C=O) groups is 2. The summed E-state index contributed by atoms with van der Waals surface area (Å²) in [5.74, 6) is 1.16. The zero-order chi connectivity index (χ0) is 26.5. The van der Waals surface area contributed by atoms with Crippen LogP contribution in [0.5, 0.6) is 17.2 Å². The Balaban J connectivity index is 1.63. The number of amides is 2. The number of anilines is 2. The standard InChI is InChI=1S/C27H26ClN3O5S/c1-34-21-10-8-20(9-11-21)31-26(33)22(15-25(32)29-19-6-4-5-18(28)14-19)30(27(31)37)16-17-7-12-23(35-2)24(13-17)36-3/h4-14,22H,15-16H2,1-3H3,(H,29,32). The molecule has 1 saturated heterocycles. The van der Waals surface area contributed by atoms with Gasteiger partial charge in [0.25, 0.3) is 5.91 Å². The molecule has 1 aliphatic heterocycles. The number of ether oxygens (including phenoxy) is 3. The lowest BCUT2D eigenvalue weighted by molar-refractivity contribution is -0.124. The first-order valence-corrected chi connectivity index (χ1v) is 12.2. The largest absolute Gasteiger partial charge is 0.497 e. The van der Waals surface area contributed by atoms with Gasteiger partial charge in [-0.15, -0.1) is 0 Å². The number of hydrogen-bond acceptors (Lipinski definition) is 6. The molecule has 1 aliphatic rings. The number of methoxy groups -OCH3 is 3. The van der Waals surface area contributed by atoms with Crippen molar-refractivity contribution in [3.05, 3.63) is 77.3 Å². The summed E-state index contributed by atoms with van der Waals surface area (Å²) in [5, 5.41) is 3.61. The van der Waals surface area contributed by atoms with Crippen molar-refractivity contribution in [2.75, 3.05) is 31.5 Å². The Labute approximate surface area is 225 Å². The van der Waals surface area contributed by atoms with Crippen LogP contribution in [0.4, 0.5) is 11.4 Å². The Morgan fingerprint density at radius 3 is 2.35 bits per heavy atom. The number of thiocarbonyl (C=S) groups is 1. The van der Waals surface area contributed by atoms with E-state index < -0.39 is 6.04 Å². The van der Waals surface area contributed by atoms with Crippen LogP contribution in [-0.2, 0) is 16.1 Å². The molecular formula is C27H26ClN3O5S. The van der Waals surface area contributed by atoms with Crippen LogP contribution in [0.2, 0.25) is 5.02 Å². The molecule has 1 heterocycles. The monoisotopic (exact) mass is 539 g/mol. The molecule has 0 radical (unpaired) electrons. The molecule has 1 fully saturated rings. The molecule has 3 aromatic rings. The van der Waals surface area contributed by atoms with E-state index in [1.54, 1.807) is 80.8 Å². The van der Waals surface area contributed by atoms with E-state index in [0.29, 0.717) is 38.8 Å². The van der Waals surface area contributed by atoms with Gasteiger partial charge < -0.3 is 24.4 Å². The van der Waals surface area contributed by atoms with Gasteiger partial charge in [-0.25, -0.2) is 0 Å². The normalized spacial score (nSPS) is 15.1. The lowest BCUT2D eigenvalue weighted by atomic mass is 10.1. The Morgan fingerprint density at radius 1 is 0.973 bits per heavy atom. The average Bonchev–Trinajstić information content (AvgIpc) is 3.12. The van der Waals surface area contributed by atoms with E-state index in [2.05, 4.69) is 5.32 Å². The summed E-state index contributed by atoms with van der Waals surface area (Å²) in [7, 11) is 4.69. The van der Waals surface area contributed by atoms with Crippen molar-refractivity contribution in [2.24, 2.45) is 0 Å². The average molecular weight is 540 g/mol. The molecule has 1 unspecified atom stereocenters. The zero-order valence-electron chi connectivity index (χ0n) is 20.6. The molecule has 4 rings (SSSR count). The van der Waals surface area contributed by atoms with Crippen molar-refractivity contribution >= 4 is 52.1 Å². The van der Waals surface area contributed by atoms with Gasteiger partial charge in [0.2, 0.25) is 5.91 Å². The van der Waals surface area contributed by atoms with E-state index >= 15 is 0 Å². The summed E-state index contributed by atoms with van der Waals surface area (Å²) in [6.45, 7) is 0.284. The number of rotatable bonds is 9. The molecule has 3 aromatic carbocycles. The second-order valence-corrected chi connectivity index (χ2v) is 9.05. The fourth-order valence-electron chi connectivity index (χ4n) is 4.11. The van der Waals surface area contributed by atoms with Crippen LogP contribution in [0.3, 0.4) is 0 Å². The van der Waals surface area contributed by atoms with Gasteiger partial charge in [0.1, 0.15) is 11.8 Å². The molecule has 1 N–H and O–H groups in total. The Bertz CT molecular complexity index is 1320. The first-order valence-electron chi connectivity index (χ1n) is 11.4. The first kappa shape index (κ1) is 26.2. The summed E-state index contributed by atoms with van der Waals surface area (Å²) in [5.41, 5.74) is 1.97. The molecule has 0 saturated carbocycles. The first-order chi connectivity index (χ1) is 17.8. The van der Waals surface area contributed by atoms with Crippen LogP contribution in [-0.4, -0.2) is 49.2 Å². The molecule has 0 aromatic heterocycles. The van der Waals surface area contributed by atoms with Crippen LogP contribution < -0.4 is 24.4 Å². The van der Waals surface area contributed by atoms with Crippen molar-refractivity contribution in [1.82, 2.24) is 4.90 Å². The number of nitrogens with zero attached hydrogens (tertiary/aromatic N) is 2. The van der Waals surface area contributed by atoms with Crippen molar-refractivity contribution in [2.45, 2.75) is 19.0 Å². The van der Waals surface area contributed by atoms with E-state index in [1.807, 2.05) is 12.1 Å². The van der Waals surface area contributed by atoms with Gasteiger partial charge in [0.05, 0.1) is 33.4 Å². The van der Waals surface area contributed by atoms with Crippen LogP contribution in [0.1, 0.15) is 12.0 Å². The third kappa shape index (κ3) is 5.79. The maximum atomic E-state index is 13.7. The topological polar surface area (TPSA) is 80.3 Å². The van der Waals surface area contributed by atoms with Gasteiger partial charge in [-0.3, -0.25) is 14.5 Å². The Morgan fingerprint density at radius 2 is 1.70 bits per heavy atom. The molecule has 1 atom stereocenters. The number of carbonyl (C=O) groups excluding carboxylic acids is 2. The van der Waals surface area contributed by atoms with E-state index in [4.69, 9.17) is 38.0 Å². The van der Waals surface area contributed by atoms with Crippen molar-refractivity contribution < 1.29 is 23.8 Å². The minimum absolute atomic E-state index is 0.106. The van der Waals surface area contributed by atoms with Gasteiger partial charge in [-0.1, -0.05) is 23.7 Å². The van der Waals surface area contributed by atoms with Crippen LogP contribution in [0, 0.1) is 0 Å². The summed E-state index contributed by atoms with van der Waals surface area (Å²) in [6.07, 6.45) is -0.106. The summed E-state index contributed by atoms with van der Waals surface area (Å²) < 4.78 is 16.0. The fourth-order valence-corrected chi connectivity index (χ4v) is 4.69. The SMILES string of the molecule is COc1ccc(N2C(=O)C(CC(=O)Nc3cccc(Cl)c3)N(Cc3ccc(OC)c(OC)c3)C2=S)cc1. The van der Waals surface area contributed by atoms with Crippen LogP contribution in [0.15, 0.2) is 66.7 Å². The van der Waals surface area contributed by atoms with Crippen LogP contribution in [0.25, 0.3) is 0 Å². The predicted octanol–water partition coefficient (Wildman–Crippen LogP) is 4.90. The Kier molecular flexibility index (Phi) is 8.15. The molecule has 2 amide bonds. The lowest BCUT2D eigenvalue weighted by Gasteiger charge is -2.24. The van der Waals surface area contributed by atoms with E-state index in [9.17, 15) is 9.59 Å².